The van der Waals surface area contributed by atoms with Gasteiger partial charge in [-0.05, 0) is 117 Å². The molecular weight excluding hydrogens is 665 g/mol. The van der Waals surface area contributed by atoms with Crippen LogP contribution in [0.2, 0.25) is 0 Å². The molecule has 53 heavy (non-hydrogen) atoms. The number of rotatable bonds is 8. The number of benzene rings is 5. The first-order valence-electron chi connectivity index (χ1n) is 18.7. The third-order valence-corrected chi connectivity index (χ3v) is 11.9. The quantitative estimate of drug-likeness (QED) is 0.122. The van der Waals surface area contributed by atoms with Gasteiger partial charge in [-0.15, -0.1) is 11.8 Å². The standard InChI is InChI=1S/C48H42N4S/c49-46(34-22-20-32(21-23-34)31-12-4-1-5-13-31)53-47(50)37-25-27-41-40-26-24-36(28-42(40)38-18-10-11-19-39(38)43(41)29-37)45-30-44(33-14-6-2-7-15-33)51-48(52-45)35-16-8-3-9-17-35/h3-4,6,8-20,22,24-30,46-47H,1-2,5,7,21,23,49-50H2. The van der Waals surface area contributed by atoms with E-state index in [4.69, 9.17) is 21.4 Å². The van der Waals surface area contributed by atoms with Crippen molar-refractivity contribution in [3.63, 3.8) is 0 Å². The zero-order chi connectivity index (χ0) is 35.7. The summed E-state index contributed by atoms with van der Waals surface area (Å²) in [5.74, 6) is 0.735. The highest BCUT2D eigenvalue weighted by atomic mass is 32.2. The molecule has 0 fully saturated rings. The van der Waals surface area contributed by atoms with Gasteiger partial charge in [0.25, 0.3) is 0 Å². The number of allylic oxidation sites excluding steroid dienone is 11. The Labute approximate surface area is 315 Å². The predicted molar refractivity (Wildman–Crippen MR) is 226 cm³/mol. The first-order chi connectivity index (χ1) is 26.1. The van der Waals surface area contributed by atoms with Crippen LogP contribution >= 0.6 is 11.8 Å². The SMILES string of the molecule is NC(SC(N)c1ccc2c3ccc(-c4cc(C5=CCCC=C5)nc(-c5ccccc5)n4)cc3c3ccccc3c2c1)C1=CC=C(C2=CCCC=C2)CC1. The van der Waals surface area contributed by atoms with Crippen LogP contribution in [0.5, 0.6) is 0 Å². The monoisotopic (exact) mass is 706 g/mol. The summed E-state index contributed by atoms with van der Waals surface area (Å²) in [4.78, 5) is 10.2. The maximum atomic E-state index is 6.90. The Balaban J connectivity index is 1.07. The molecule has 0 spiro atoms. The van der Waals surface area contributed by atoms with Crippen molar-refractivity contribution >= 4 is 49.7 Å². The summed E-state index contributed by atoms with van der Waals surface area (Å²) in [5.41, 5.74) is 23.9. The number of nitrogens with two attached hydrogens (primary N) is 2. The Morgan fingerprint density at radius 3 is 1.89 bits per heavy atom. The van der Waals surface area contributed by atoms with Crippen LogP contribution in [0.25, 0.3) is 60.5 Å². The Bertz CT molecular complexity index is 2550. The van der Waals surface area contributed by atoms with Crippen molar-refractivity contribution in [3.05, 3.63) is 174 Å². The van der Waals surface area contributed by atoms with Gasteiger partial charge in [-0.2, -0.15) is 0 Å². The molecule has 0 saturated carbocycles. The Hall–Kier alpha value is -5.33. The third-order valence-electron chi connectivity index (χ3n) is 10.7. The molecule has 6 aromatic rings. The van der Waals surface area contributed by atoms with Gasteiger partial charge in [-0.3, -0.25) is 0 Å². The molecule has 3 aliphatic carbocycles. The smallest absolute Gasteiger partial charge is 0.160 e. The van der Waals surface area contributed by atoms with Gasteiger partial charge >= 0.3 is 0 Å². The molecule has 3 aliphatic rings. The van der Waals surface area contributed by atoms with Crippen LogP contribution in [0.3, 0.4) is 0 Å². The van der Waals surface area contributed by atoms with Gasteiger partial charge in [-0.25, -0.2) is 9.97 Å². The summed E-state index contributed by atoms with van der Waals surface area (Å²) >= 11 is 1.63. The van der Waals surface area contributed by atoms with Crippen LogP contribution in [-0.2, 0) is 0 Å². The van der Waals surface area contributed by atoms with E-state index in [0.717, 1.165) is 78.0 Å². The molecule has 260 valence electrons. The molecule has 9 rings (SSSR count). The van der Waals surface area contributed by atoms with Gasteiger partial charge in [0.2, 0.25) is 0 Å². The normalized spacial score (nSPS) is 17.0. The highest BCUT2D eigenvalue weighted by molar-refractivity contribution is 8.00. The first kappa shape index (κ1) is 33.5. The van der Waals surface area contributed by atoms with E-state index in [1.165, 1.54) is 49.0 Å². The Morgan fingerprint density at radius 1 is 0.528 bits per heavy atom. The summed E-state index contributed by atoms with van der Waals surface area (Å²) in [6.45, 7) is 0. The summed E-state index contributed by atoms with van der Waals surface area (Å²) in [6, 6.07) is 34.6. The van der Waals surface area contributed by atoms with Crippen molar-refractivity contribution in [2.75, 3.05) is 0 Å². The highest BCUT2D eigenvalue weighted by Crippen LogP contribution is 2.40. The van der Waals surface area contributed by atoms with Gasteiger partial charge < -0.3 is 11.5 Å². The topological polar surface area (TPSA) is 77.8 Å². The minimum atomic E-state index is -0.249. The lowest BCUT2D eigenvalue weighted by molar-refractivity contribution is 0.850. The lowest BCUT2D eigenvalue weighted by Gasteiger charge is -2.24. The van der Waals surface area contributed by atoms with E-state index in [-0.39, 0.29) is 10.7 Å². The second kappa shape index (κ2) is 14.6. The van der Waals surface area contributed by atoms with Crippen LogP contribution in [-0.4, -0.2) is 15.3 Å². The number of fused-ring (bicyclic) bond motifs is 6. The minimum Gasteiger partial charge on any atom is -0.316 e. The largest absolute Gasteiger partial charge is 0.316 e. The van der Waals surface area contributed by atoms with Crippen LogP contribution in [0.15, 0.2) is 162 Å². The molecule has 0 bridgehead atoms. The Morgan fingerprint density at radius 2 is 1.19 bits per heavy atom. The number of nitrogens with zero attached hydrogens (tertiary/aromatic N) is 2. The van der Waals surface area contributed by atoms with Gasteiger partial charge in [0.05, 0.1) is 22.1 Å². The summed E-state index contributed by atoms with van der Waals surface area (Å²) in [5, 5.41) is 6.83. The fraction of sp³-hybridized carbons (Fsp3) is 0.167. The van der Waals surface area contributed by atoms with Crippen molar-refractivity contribution in [1.82, 2.24) is 9.97 Å². The maximum Gasteiger partial charge on any atom is 0.160 e. The summed E-state index contributed by atoms with van der Waals surface area (Å²) in [6.07, 6.45) is 24.4. The van der Waals surface area contributed by atoms with E-state index in [2.05, 4.69) is 127 Å². The number of hydrogen-bond acceptors (Lipinski definition) is 5. The van der Waals surface area contributed by atoms with Crippen molar-refractivity contribution < 1.29 is 0 Å². The first-order valence-corrected chi connectivity index (χ1v) is 19.7. The minimum absolute atomic E-state index is 0.156. The molecule has 0 saturated heterocycles. The molecule has 1 heterocycles. The molecule has 5 aromatic carbocycles. The van der Waals surface area contributed by atoms with E-state index >= 15 is 0 Å². The summed E-state index contributed by atoms with van der Waals surface area (Å²) < 4.78 is 0. The lowest BCUT2D eigenvalue weighted by atomic mass is 9.90. The average molecular weight is 707 g/mol. The van der Waals surface area contributed by atoms with Gasteiger partial charge in [-0.1, -0.05) is 127 Å². The fourth-order valence-electron chi connectivity index (χ4n) is 7.88. The van der Waals surface area contributed by atoms with E-state index < -0.39 is 0 Å². The number of aromatic nitrogens is 2. The van der Waals surface area contributed by atoms with Crippen molar-refractivity contribution in [2.24, 2.45) is 11.5 Å². The van der Waals surface area contributed by atoms with Gasteiger partial charge in [0.15, 0.2) is 5.82 Å². The van der Waals surface area contributed by atoms with Crippen molar-refractivity contribution in [2.45, 2.75) is 49.3 Å². The number of hydrogen-bond donors (Lipinski definition) is 2. The van der Waals surface area contributed by atoms with Gasteiger partial charge in [0, 0.05) is 11.1 Å². The molecule has 4 N–H and O–H groups in total. The zero-order valence-electron chi connectivity index (χ0n) is 29.7. The highest BCUT2D eigenvalue weighted by Gasteiger charge is 2.20. The third kappa shape index (κ3) is 6.73. The Kier molecular flexibility index (Phi) is 9.23. The summed E-state index contributed by atoms with van der Waals surface area (Å²) in [7, 11) is 0. The second-order valence-corrected chi connectivity index (χ2v) is 15.4. The fourth-order valence-corrected chi connectivity index (χ4v) is 8.87. The molecule has 2 atom stereocenters. The van der Waals surface area contributed by atoms with Gasteiger partial charge in [0.1, 0.15) is 0 Å². The molecule has 1 aromatic heterocycles. The maximum absolute atomic E-state index is 6.90. The zero-order valence-corrected chi connectivity index (χ0v) is 30.5. The van der Waals surface area contributed by atoms with Crippen LogP contribution < -0.4 is 11.5 Å². The van der Waals surface area contributed by atoms with E-state index in [1.807, 2.05) is 18.2 Å². The van der Waals surface area contributed by atoms with Crippen molar-refractivity contribution in [1.29, 1.82) is 0 Å². The molecule has 5 heteroatoms. The molecular formula is C48H42N4S. The van der Waals surface area contributed by atoms with Crippen LogP contribution in [0, 0.1) is 0 Å². The molecule has 0 amide bonds. The number of thioether (sulfide) groups is 1. The van der Waals surface area contributed by atoms with E-state index in [1.54, 1.807) is 11.8 Å². The van der Waals surface area contributed by atoms with Crippen molar-refractivity contribution in [3.8, 4) is 22.6 Å². The second-order valence-electron chi connectivity index (χ2n) is 14.1. The van der Waals surface area contributed by atoms with E-state index in [9.17, 15) is 0 Å². The molecule has 0 radical (unpaired) electrons. The predicted octanol–water partition coefficient (Wildman–Crippen LogP) is 11.9. The average Bonchev–Trinajstić information content (AvgIpc) is 3.24. The molecule has 2 unspecified atom stereocenters. The van der Waals surface area contributed by atoms with Crippen LogP contribution in [0.1, 0.15) is 55.2 Å². The molecule has 4 nitrogen and oxygen atoms in total. The van der Waals surface area contributed by atoms with Crippen LogP contribution in [0.4, 0.5) is 0 Å². The van der Waals surface area contributed by atoms with E-state index in [0.29, 0.717) is 0 Å². The molecule has 0 aliphatic heterocycles. The lowest BCUT2D eigenvalue weighted by Crippen LogP contribution is -2.23.